The number of nitrogens with zero attached hydrogens (tertiary/aromatic N) is 3. The fourth-order valence-corrected chi connectivity index (χ4v) is 2.38. The van der Waals surface area contributed by atoms with Crippen molar-refractivity contribution >= 4 is 5.91 Å². The van der Waals surface area contributed by atoms with Gasteiger partial charge in [-0.05, 0) is 5.56 Å². The molecule has 5 heteroatoms. The van der Waals surface area contributed by atoms with Gasteiger partial charge in [-0.1, -0.05) is 35.5 Å². The lowest BCUT2D eigenvalue weighted by Crippen LogP contribution is -2.24. The van der Waals surface area contributed by atoms with Gasteiger partial charge in [0.05, 0.1) is 0 Å². The Labute approximate surface area is 111 Å². The van der Waals surface area contributed by atoms with Crippen molar-refractivity contribution in [3.05, 3.63) is 47.6 Å². The molecule has 1 fully saturated rings. The average Bonchev–Trinajstić information content (AvgIpc) is 2.98. The normalized spacial score (nSPS) is 19.1. The van der Waals surface area contributed by atoms with Gasteiger partial charge in [-0.3, -0.25) is 4.79 Å². The topological polar surface area (TPSA) is 59.2 Å². The van der Waals surface area contributed by atoms with E-state index < -0.39 is 0 Å². The van der Waals surface area contributed by atoms with Crippen LogP contribution in [0, 0.1) is 6.92 Å². The van der Waals surface area contributed by atoms with Gasteiger partial charge in [0, 0.05) is 32.4 Å². The lowest BCUT2D eigenvalue weighted by molar-refractivity contribution is -0.128. The maximum Gasteiger partial charge on any atom is 0.223 e. The van der Waals surface area contributed by atoms with E-state index >= 15 is 0 Å². The minimum atomic E-state index is 0.0497. The smallest absolute Gasteiger partial charge is 0.223 e. The zero-order chi connectivity index (χ0) is 13.2. The number of carbonyl (C=O) groups excluding carboxylic acids is 1. The van der Waals surface area contributed by atoms with Gasteiger partial charge in [0.25, 0.3) is 0 Å². The predicted molar refractivity (Wildman–Crippen MR) is 68.3 cm³/mol. The fourth-order valence-electron chi connectivity index (χ4n) is 2.38. The molecule has 0 bridgehead atoms. The summed E-state index contributed by atoms with van der Waals surface area (Å²) in [7, 11) is 0. The van der Waals surface area contributed by atoms with Gasteiger partial charge in [-0.25, -0.2) is 0 Å². The van der Waals surface area contributed by atoms with Crippen molar-refractivity contribution < 1.29 is 9.32 Å². The van der Waals surface area contributed by atoms with Crippen molar-refractivity contribution in [3.63, 3.8) is 0 Å². The first-order valence-corrected chi connectivity index (χ1v) is 6.34. The summed E-state index contributed by atoms with van der Waals surface area (Å²) in [5.41, 5.74) is 1.14. The van der Waals surface area contributed by atoms with Crippen molar-refractivity contribution in [1.29, 1.82) is 0 Å². The van der Waals surface area contributed by atoms with E-state index in [9.17, 15) is 4.79 Å². The van der Waals surface area contributed by atoms with E-state index in [1.165, 1.54) is 0 Å². The summed E-state index contributed by atoms with van der Waals surface area (Å²) in [5.74, 6) is 1.38. The van der Waals surface area contributed by atoms with Crippen molar-refractivity contribution in [1.82, 2.24) is 15.0 Å². The van der Waals surface area contributed by atoms with Gasteiger partial charge in [0.2, 0.25) is 11.8 Å². The van der Waals surface area contributed by atoms with Crippen LogP contribution in [0.25, 0.3) is 0 Å². The fraction of sp³-hybridized carbons (Fsp3) is 0.357. The minimum absolute atomic E-state index is 0.0497. The SMILES string of the molecule is Cc1nc(C2CC(=O)N(Cc3ccccc3)C2)no1. The Balaban J connectivity index is 1.70. The predicted octanol–water partition coefficient (Wildman–Crippen LogP) is 1.89. The minimum Gasteiger partial charge on any atom is -0.340 e. The van der Waals surface area contributed by atoms with Crippen molar-refractivity contribution in [3.8, 4) is 0 Å². The molecule has 1 amide bonds. The highest BCUT2D eigenvalue weighted by Crippen LogP contribution is 2.27. The van der Waals surface area contributed by atoms with Crippen LogP contribution in [0.3, 0.4) is 0 Å². The third kappa shape index (κ3) is 2.50. The molecular formula is C14H15N3O2. The largest absolute Gasteiger partial charge is 0.340 e. The Morgan fingerprint density at radius 1 is 1.37 bits per heavy atom. The molecular weight excluding hydrogens is 242 g/mol. The second kappa shape index (κ2) is 4.84. The number of hydrogen-bond acceptors (Lipinski definition) is 4. The molecule has 0 spiro atoms. The lowest BCUT2D eigenvalue weighted by Gasteiger charge is -2.15. The molecule has 2 aromatic rings. The number of amides is 1. The van der Waals surface area contributed by atoms with Crippen LogP contribution in [0.4, 0.5) is 0 Å². The summed E-state index contributed by atoms with van der Waals surface area (Å²) in [6, 6.07) is 9.99. The standard InChI is InChI=1S/C14H15N3O2/c1-10-15-14(16-19-10)12-7-13(18)17(9-12)8-11-5-3-2-4-6-11/h2-6,12H,7-9H2,1H3. The first-order valence-electron chi connectivity index (χ1n) is 6.34. The summed E-state index contributed by atoms with van der Waals surface area (Å²) in [6.45, 7) is 3.06. The lowest BCUT2D eigenvalue weighted by atomic mass is 10.1. The molecule has 3 rings (SSSR count). The molecule has 98 valence electrons. The number of benzene rings is 1. The van der Waals surface area contributed by atoms with Crippen molar-refractivity contribution in [2.45, 2.75) is 25.8 Å². The molecule has 1 saturated heterocycles. The van der Waals surface area contributed by atoms with Crippen LogP contribution in [-0.2, 0) is 11.3 Å². The maximum atomic E-state index is 12.0. The number of hydrogen-bond donors (Lipinski definition) is 0. The third-order valence-electron chi connectivity index (χ3n) is 3.34. The van der Waals surface area contributed by atoms with Gasteiger partial charge in [-0.15, -0.1) is 0 Å². The van der Waals surface area contributed by atoms with E-state index in [4.69, 9.17) is 4.52 Å². The Morgan fingerprint density at radius 2 is 2.16 bits per heavy atom. The molecule has 1 aliphatic heterocycles. The number of aryl methyl sites for hydroxylation is 1. The summed E-state index contributed by atoms with van der Waals surface area (Å²) >= 11 is 0. The zero-order valence-corrected chi connectivity index (χ0v) is 10.7. The molecule has 19 heavy (non-hydrogen) atoms. The van der Waals surface area contributed by atoms with Crippen LogP contribution >= 0.6 is 0 Å². The molecule has 0 aliphatic carbocycles. The Hall–Kier alpha value is -2.17. The van der Waals surface area contributed by atoms with Crippen LogP contribution in [0.1, 0.15) is 29.6 Å². The molecule has 1 aromatic heterocycles. The van der Waals surface area contributed by atoms with E-state index in [-0.39, 0.29) is 11.8 Å². The molecule has 0 saturated carbocycles. The monoisotopic (exact) mass is 257 g/mol. The van der Waals surface area contributed by atoms with Gasteiger partial charge in [0.1, 0.15) is 0 Å². The molecule has 1 unspecified atom stereocenters. The van der Waals surface area contributed by atoms with Crippen molar-refractivity contribution in [2.75, 3.05) is 6.54 Å². The van der Waals surface area contributed by atoms with E-state index in [0.29, 0.717) is 31.2 Å². The first-order chi connectivity index (χ1) is 9.22. The second-order valence-corrected chi connectivity index (χ2v) is 4.83. The van der Waals surface area contributed by atoms with Crippen LogP contribution in [0.5, 0.6) is 0 Å². The van der Waals surface area contributed by atoms with Gasteiger partial charge >= 0.3 is 0 Å². The van der Waals surface area contributed by atoms with Gasteiger partial charge < -0.3 is 9.42 Å². The number of carbonyl (C=O) groups is 1. The van der Waals surface area contributed by atoms with E-state index in [1.807, 2.05) is 35.2 Å². The second-order valence-electron chi connectivity index (χ2n) is 4.83. The Bertz CT molecular complexity index is 579. The number of aromatic nitrogens is 2. The third-order valence-corrected chi connectivity index (χ3v) is 3.34. The molecule has 5 nitrogen and oxygen atoms in total. The molecule has 1 aromatic carbocycles. The number of likely N-dealkylation sites (tertiary alicyclic amines) is 1. The molecule has 1 aliphatic rings. The Kier molecular flexibility index (Phi) is 3.03. The van der Waals surface area contributed by atoms with Gasteiger partial charge in [-0.2, -0.15) is 4.98 Å². The molecule has 0 radical (unpaired) electrons. The van der Waals surface area contributed by atoms with Gasteiger partial charge in [0.15, 0.2) is 5.82 Å². The summed E-state index contributed by atoms with van der Waals surface area (Å²) in [4.78, 5) is 18.1. The molecule has 2 heterocycles. The number of rotatable bonds is 3. The summed E-state index contributed by atoms with van der Waals surface area (Å²) in [6.07, 6.45) is 0.464. The highest BCUT2D eigenvalue weighted by Gasteiger charge is 2.33. The highest BCUT2D eigenvalue weighted by molar-refractivity contribution is 5.79. The van der Waals surface area contributed by atoms with E-state index in [0.717, 1.165) is 5.56 Å². The van der Waals surface area contributed by atoms with Crippen LogP contribution < -0.4 is 0 Å². The van der Waals surface area contributed by atoms with Crippen LogP contribution in [-0.4, -0.2) is 27.5 Å². The first kappa shape index (κ1) is 11.9. The zero-order valence-electron chi connectivity index (χ0n) is 10.7. The van der Waals surface area contributed by atoms with Crippen molar-refractivity contribution in [2.24, 2.45) is 0 Å². The summed E-state index contributed by atoms with van der Waals surface area (Å²) < 4.78 is 4.97. The van der Waals surface area contributed by atoms with Crippen LogP contribution in [0.2, 0.25) is 0 Å². The molecule has 0 N–H and O–H groups in total. The quantitative estimate of drug-likeness (QED) is 0.842. The van der Waals surface area contributed by atoms with E-state index in [2.05, 4.69) is 10.1 Å². The maximum absolute atomic E-state index is 12.0. The average molecular weight is 257 g/mol. The Morgan fingerprint density at radius 3 is 2.84 bits per heavy atom. The highest BCUT2D eigenvalue weighted by atomic mass is 16.5. The summed E-state index contributed by atoms with van der Waals surface area (Å²) in [5, 5.41) is 3.91. The van der Waals surface area contributed by atoms with E-state index in [1.54, 1.807) is 6.92 Å². The van der Waals surface area contributed by atoms with Crippen LogP contribution in [0.15, 0.2) is 34.9 Å². The molecule has 1 atom stereocenters.